The Labute approximate surface area is 166 Å². The number of fused-ring (bicyclic) bond motifs is 2. The maximum absolute atomic E-state index is 5.24. The summed E-state index contributed by atoms with van der Waals surface area (Å²) in [6.07, 6.45) is 7.97. The quantitative estimate of drug-likeness (QED) is 0.690. The van der Waals surface area contributed by atoms with Crippen LogP contribution in [0.1, 0.15) is 31.2 Å². The molecule has 2 aliphatic rings. The molecule has 0 N–H and O–H groups in total. The van der Waals surface area contributed by atoms with Crippen molar-refractivity contribution in [3.63, 3.8) is 0 Å². The smallest absolute Gasteiger partial charge is 0.129 e. The molecule has 0 unspecified atom stereocenters. The Morgan fingerprint density at radius 3 is 2.57 bits per heavy atom. The van der Waals surface area contributed by atoms with Crippen molar-refractivity contribution in [1.29, 1.82) is 0 Å². The van der Waals surface area contributed by atoms with Crippen molar-refractivity contribution >= 4 is 0 Å². The summed E-state index contributed by atoms with van der Waals surface area (Å²) in [5, 5.41) is 0. The third-order valence-corrected chi connectivity index (χ3v) is 6.59. The highest BCUT2D eigenvalue weighted by Gasteiger charge is 2.46. The number of aromatic nitrogens is 2. The van der Waals surface area contributed by atoms with Crippen LogP contribution in [-0.2, 0) is 18.6 Å². The summed E-state index contributed by atoms with van der Waals surface area (Å²) >= 11 is 0. The van der Waals surface area contributed by atoms with Crippen molar-refractivity contribution in [2.45, 2.75) is 38.4 Å². The van der Waals surface area contributed by atoms with E-state index in [2.05, 4.69) is 63.9 Å². The Morgan fingerprint density at radius 2 is 1.86 bits per heavy atom. The summed E-state index contributed by atoms with van der Waals surface area (Å²) in [5.74, 6) is 1.27. The molecule has 5 nitrogen and oxygen atoms in total. The highest BCUT2D eigenvalue weighted by atomic mass is 16.3. The number of piperidine rings is 1. The molecule has 1 aromatic carbocycles. The van der Waals surface area contributed by atoms with Gasteiger partial charge in [-0.1, -0.05) is 37.3 Å². The lowest BCUT2D eigenvalue weighted by Crippen LogP contribution is -2.57. The van der Waals surface area contributed by atoms with Gasteiger partial charge in [-0.3, -0.25) is 9.80 Å². The average Bonchev–Trinajstić information content (AvgIpc) is 3.41. The first-order chi connectivity index (χ1) is 13.8. The summed E-state index contributed by atoms with van der Waals surface area (Å²) in [6.45, 7) is 8.65. The van der Waals surface area contributed by atoms with E-state index in [1.54, 1.807) is 6.26 Å². The number of likely N-dealkylation sites (N-methyl/N-ethyl adjacent to an activating group) is 1. The fourth-order valence-electron chi connectivity index (χ4n) is 5.11. The number of furan rings is 1. The molecular weight excluding hydrogens is 348 g/mol. The Balaban J connectivity index is 1.44. The standard InChI is InChI=1S/C23H28N4O/c1-2-26-13-14-27-21(20-6-4-3-5-7-20)16-24-22(27)23(26)9-11-25(12-10-23)17-19-8-15-28-18-19/h3-8,15-16,18H,2,9-14,17H2,1H3. The molecule has 0 amide bonds. The fourth-order valence-corrected chi connectivity index (χ4v) is 5.11. The molecule has 0 radical (unpaired) electrons. The van der Waals surface area contributed by atoms with Crippen molar-refractivity contribution in [2.24, 2.45) is 0 Å². The first-order valence-electron chi connectivity index (χ1n) is 10.4. The maximum Gasteiger partial charge on any atom is 0.129 e. The molecule has 0 atom stereocenters. The number of benzene rings is 1. The molecule has 2 aliphatic heterocycles. The molecule has 5 rings (SSSR count). The highest BCUT2D eigenvalue weighted by molar-refractivity contribution is 5.59. The van der Waals surface area contributed by atoms with Crippen LogP contribution in [-0.4, -0.2) is 45.5 Å². The van der Waals surface area contributed by atoms with Gasteiger partial charge < -0.3 is 8.98 Å². The van der Waals surface area contributed by atoms with Crippen LogP contribution in [0.2, 0.25) is 0 Å². The van der Waals surface area contributed by atoms with E-state index >= 15 is 0 Å². The van der Waals surface area contributed by atoms with Crippen LogP contribution in [0, 0.1) is 0 Å². The minimum atomic E-state index is 0.0624. The van der Waals surface area contributed by atoms with Gasteiger partial charge in [-0.05, 0) is 31.0 Å². The zero-order chi connectivity index (χ0) is 19.0. The summed E-state index contributed by atoms with van der Waals surface area (Å²) in [6, 6.07) is 12.8. The summed E-state index contributed by atoms with van der Waals surface area (Å²) in [4.78, 5) is 10.2. The lowest BCUT2D eigenvalue weighted by molar-refractivity contribution is -0.00775. The molecular formula is C23H28N4O. The lowest BCUT2D eigenvalue weighted by Gasteiger charge is -2.50. The minimum Gasteiger partial charge on any atom is -0.472 e. The predicted octanol–water partition coefficient (Wildman–Crippen LogP) is 3.97. The summed E-state index contributed by atoms with van der Waals surface area (Å²) in [5.41, 5.74) is 3.84. The van der Waals surface area contributed by atoms with Gasteiger partial charge in [0.2, 0.25) is 0 Å². The highest BCUT2D eigenvalue weighted by Crippen LogP contribution is 2.42. The monoisotopic (exact) mass is 376 g/mol. The minimum absolute atomic E-state index is 0.0624. The zero-order valence-electron chi connectivity index (χ0n) is 16.6. The number of hydrogen-bond acceptors (Lipinski definition) is 4. The van der Waals surface area contributed by atoms with Crippen LogP contribution in [0.3, 0.4) is 0 Å². The molecule has 0 aliphatic carbocycles. The van der Waals surface area contributed by atoms with Crippen LogP contribution >= 0.6 is 0 Å². The molecule has 3 aromatic rings. The van der Waals surface area contributed by atoms with Crippen LogP contribution in [0.15, 0.2) is 59.5 Å². The van der Waals surface area contributed by atoms with Gasteiger partial charge in [0.1, 0.15) is 5.82 Å². The average molecular weight is 377 g/mol. The van der Waals surface area contributed by atoms with Crippen LogP contribution in [0.4, 0.5) is 0 Å². The maximum atomic E-state index is 5.24. The second-order valence-corrected chi connectivity index (χ2v) is 8.00. The van der Waals surface area contributed by atoms with Gasteiger partial charge >= 0.3 is 0 Å². The van der Waals surface area contributed by atoms with Gasteiger partial charge in [-0.25, -0.2) is 4.98 Å². The fraction of sp³-hybridized carbons (Fsp3) is 0.435. The van der Waals surface area contributed by atoms with Crippen molar-refractivity contribution in [3.05, 3.63) is 66.5 Å². The number of imidazole rings is 1. The van der Waals surface area contributed by atoms with Gasteiger partial charge in [0.15, 0.2) is 0 Å². The van der Waals surface area contributed by atoms with Crippen molar-refractivity contribution < 1.29 is 4.42 Å². The SMILES string of the molecule is CCN1CCn2c(-c3ccccc3)cnc2C12CCN(Cc1ccoc1)CC2. The van der Waals surface area contributed by atoms with E-state index in [9.17, 15) is 0 Å². The van der Waals surface area contributed by atoms with Crippen molar-refractivity contribution in [1.82, 2.24) is 19.4 Å². The van der Waals surface area contributed by atoms with Gasteiger partial charge in [0, 0.05) is 38.3 Å². The molecule has 0 saturated carbocycles. The summed E-state index contributed by atoms with van der Waals surface area (Å²) < 4.78 is 7.72. The second kappa shape index (κ2) is 7.22. The Hall–Kier alpha value is -2.37. The third kappa shape index (κ3) is 2.90. The first-order valence-corrected chi connectivity index (χ1v) is 10.4. The lowest BCUT2D eigenvalue weighted by atomic mass is 9.83. The van der Waals surface area contributed by atoms with E-state index in [1.165, 1.54) is 22.6 Å². The molecule has 0 bridgehead atoms. The molecule has 1 spiro atoms. The largest absolute Gasteiger partial charge is 0.472 e. The molecule has 2 aromatic heterocycles. The van der Waals surface area contributed by atoms with Gasteiger partial charge in [-0.15, -0.1) is 0 Å². The number of nitrogens with zero attached hydrogens (tertiary/aromatic N) is 4. The second-order valence-electron chi connectivity index (χ2n) is 8.00. The van der Waals surface area contributed by atoms with Crippen molar-refractivity contribution in [2.75, 3.05) is 26.2 Å². The topological polar surface area (TPSA) is 37.4 Å². The van der Waals surface area contributed by atoms with E-state index in [-0.39, 0.29) is 5.54 Å². The van der Waals surface area contributed by atoms with E-state index in [1.807, 2.05) is 6.26 Å². The predicted molar refractivity (Wildman–Crippen MR) is 110 cm³/mol. The Morgan fingerprint density at radius 1 is 1.04 bits per heavy atom. The Bertz CT molecular complexity index is 907. The van der Waals surface area contributed by atoms with Gasteiger partial charge in [-0.2, -0.15) is 0 Å². The van der Waals surface area contributed by atoms with Crippen molar-refractivity contribution in [3.8, 4) is 11.3 Å². The van der Waals surface area contributed by atoms with E-state index in [4.69, 9.17) is 9.40 Å². The molecule has 4 heterocycles. The van der Waals surface area contributed by atoms with E-state index in [0.29, 0.717) is 0 Å². The van der Waals surface area contributed by atoms with Crippen LogP contribution < -0.4 is 0 Å². The molecule has 28 heavy (non-hydrogen) atoms. The number of likely N-dealkylation sites (tertiary alicyclic amines) is 1. The molecule has 146 valence electrons. The summed E-state index contributed by atoms with van der Waals surface area (Å²) in [7, 11) is 0. The normalized spacial score (nSPS) is 19.8. The van der Waals surface area contributed by atoms with Crippen LogP contribution in [0.25, 0.3) is 11.3 Å². The molecule has 5 heteroatoms. The molecule has 1 fully saturated rings. The Kier molecular flexibility index (Phi) is 4.57. The number of rotatable bonds is 4. The third-order valence-electron chi connectivity index (χ3n) is 6.59. The molecule has 1 saturated heterocycles. The van der Waals surface area contributed by atoms with Crippen LogP contribution in [0.5, 0.6) is 0 Å². The first kappa shape index (κ1) is 17.7. The van der Waals surface area contributed by atoms with E-state index in [0.717, 1.165) is 52.1 Å². The zero-order valence-corrected chi connectivity index (χ0v) is 16.6. The van der Waals surface area contributed by atoms with Gasteiger partial charge in [0.05, 0.1) is 30.0 Å². The van der Waals surface area contributed by atoms with Gasteiger partial charge in [0.25, 0.3) is 0 Å². The van der Waals surface area contributed by atoms with E-state index < -0.39 is 0 Å². The number of hydrogen-bond donors (Lipinski definition) is 0.